The van der Waals surface area contributed by atoms with Crippen molar-refractivity contribution < 1.29 is 9.90 Å². The number of aromatic nitrogens is 4. The number of carbonyl (C=O) groups excluding carboxylic acids is 1. The van der Waals surface area contributed by atoms with Gasteiger partial charge in [-0.2, -0.15) is 5.10 Å². The smallest absolute Gasteiger partial charge is 0.281 e. The van der Waals surface area contributed by atoms with Crippen LogP contribution in [-0.2, 0) is 24.8 Å². The Morgan fingerprint density at radius 2 is 1.80 bits per heavy atom. The van der Waals surface area contributed by atoms with Crippen LogP contribution < -0.4 is 5.56 Å². The topological polar surface area (TPSA) is 93.2 Å². The number of aliphatic hydroxyl groups is 1. The van der Waals surface area contributed by atoms with Crippen LogP contribution in [0.2, 0.25) is 0 Å². The summed E-state index contributed by atoms with van der Waals surface area (Å²) in [5, 5.41) is 15.8. The summed E-state index contributed by atoms with van der Waals surface area (Å²) < 4.78 is 3.32. The zero-order valence-corrected chi connectivity index (χ0v) is 20.5. The minimum atomic E-state index is -1.05. The highest BCUT2D eigenvalue weighted by molar-refractivity contribution is 5.77. The number of carbonyl (C=O) groups is 1. The molecule has 186 valence electrons. The van der Waals surface area contributed by atoms with Crippen molar-refractivity contribution in [3.63, 3.8) is 0 Å². The van der Waals surface area contributed by atoms with E-state index in [1.807, 2.05) is 47.0 Å². The number of hydrogen-bond acceptors (Lipinski definition) is 5. The summed E-state index contributed by atoms with van der Waals surface area (Å²) in [6.07, 6.45) is 9.50. The number of hydrogen-bond donors (Lipinski definition) is 1. The molecule has 1 N–H and O–H groups in total. The van der Waals surface area contributed by atoms with Crippen LogP contribution in [0.1, 0.15) is 68.5 Å². The van der Waals surface area contributed by atoms with Crippen molar-refractivity contribution in [2.75, 3.05) is 13.1 Å². The third-order valence-electron chi connectivity index (χ3n) is 7.83. The minimum absolute atomic E-state index is 0.111. The molecule has 8 heteroatoms. The molecule has 2 aliphatic rings. The Hall–Kier alpha value is -3.00. The number of likely N-dealkylation sites (tertiary alicyclic amines) is 1. The molecule has 1 aromatic carbocycles. The van der Waals surface area contributed by atoms with E-state index in [9.17, 15) is 14.7 Å². The molecule has 1 aliphatic heterocycles. The van der Waals surface area contributed by atoms with Crippen LogP contribution in [0.4, 0.5) is 0 Å². The van der Waals surface area contributed by atoms with E-state index in [-0.39, 0.29) is 18.0 Å². The van der Waals surface area contributed by atoms with Crippen LogP contribution >= 0.6 is 0 Å². The maximum absolute atomic E-state index is 13.3. The quantitative estimate of drug-likeness (QED) is 0.589. The monoisotopic (exact) mass is 477 g/mol. The normalized spacial score (nSPS) is 18.7. The van der Waals surface area contributed by atoms with E-state index in [2.05, 4.69) is 10.1 Å². The molecule has 0 atom stereocenters. The number of rotatable bonds is 6. The highest BCUT2D eigenvalue weighted by Gasteiger charge is 2.35. The Balaban J connectivity index is 1.24. The first kappa shape index (κ1) is 23.7. The van der Waals surface area contributed by atoms with E-state index in [1.54, 1.807) is 6.33 Å². The molecule has 0 bridgehead atoms. The van der Waals surface area contributed by atoms with Gasteiger partial charge in [0.25, 0.3) is 5.56 Å². The van der Waals surface area contributed by atoms with Crippen molar-refractivity contribution in [3.8, 4) is 0 Å². The number of fused-ring (bicyclic) bond motifs is 1. The van der Waals surface area contributed by atoms with Gasteiger partial charge in [-0.25, -0.2) is 4.98 Å². The zero-order valence-electron chi connectivity index (χ0n) is 20.5. The number of piperidine rings is 1. The molecular formula is C27H35N5O3. The largest absolute Gasteiger partial charge is 0.388 e. The molecule has 5 rings (SSSR count). The van der Waals surface area contributed by atoms with E-state index >= 15 is 0 Å². The highest BCUT2D eigenvalue weighted by Crippen LogP contribution is 2.35. The van der Waals surface area contributed by atoms with Crippen molar-refractivity contribution >= 4 is 16.9 Å². The summed E-state index contributed by atoms with van der Waals surface area (Å²) >= 11 is 0. The summed E-state index contributed by atoms with van der Waals surface area (Å²) in [5.41, 5.74) is 2.04. The van der Waals surface area contributed by atoms with Crippen LogP contribution in [-0.4, -0.2) is 53.9 Å². The Labute approximate surface area is 205 Å². The van der Waals surface area contributed by atoms with Gasteiger partial charge in [0.2, 0.25) is 5.91 Å². The second-order valence-electron chi connectivity index (χ2n) is 10.3. The van der Waals surface area contributed by atoms with Gasteiger partial charge in [0.1, 0.15) is 5.52 Å². The van der Waals surface area contributed by atoms with Crippen LogP contribution in [0, 0.1) is 0 Å². The highest BCUT2D eigenvalue weighted by atomic mass is 16.3. The third kappa shape index (κ3) is 5.03. The van der Waals surface area contributed by atoms with E-state index in [4.69, 9.17) is 0 Å². The molecule has 1 saturated carbocycles. The Morgan fingerprint density at radius 1 is 1.09 bits per heavy atom. The zero-order chi connectivity index (χ0) is 24.4. The number of amides is 1. The van der Waals surface area contributed by atoms with Gasteiger partial charge >= 0.3 is 0 Å². The van der Waals surface area contributed by atoms with Gasteiger partial charge in [0, 0.05) is 32.5 Å². The lowest BCUT2D eigenvalue weighted by molar-refractivity contribution is -0.135. The van der Waals surface area contributed by atoms with Gasteiger partial charge < -0.3 is 10.0 Å². The lowest BCUT2D eigenvalue weighted by atomic mass is 9.86. The summed E-state index contributed by atoms with van der Waals surface area (Å²) in [4.78, 5) is 32.4. The summed E-state index contributed by atoms with van der Waals surface area (Å²) in [6, 6.07) is 10.0. The van der Waals surface area contributed by atoms with Gasteiger partial charge in [-0.05, 0) is 37.7 Å². The SMILES string of the molecule is Cn1nc2c(=O)n(CC3(O)CCN(C(=O)CCc4ccccc4)CC3)cnc2c1C1CCCCC1. The lowest BCUT2D eigenvalue weighted by Crippen LogP contribution is -2.49. The Kier molecular flexibility index (Phi) is 6.73. The summed E-state index contributed by atoms with van der Waals surface area (Å²) in [6.45, 7) is 1.14. The van der Waals surface area contributed by atoms with Gasteiger partial charge in [0.05, 0.1) is 24.2 Å². The second kappa shape index (κ2) is 9.93. The van der Waals surface area contributed by atoms with E-state index in [0.717, 1.165) is 24.1 Å². The fraction of sp³-hybridized carbons (Fsp3) is 0.556. The average molecular weight is 478 g/mol. The predicted molar refractivity (Wildman–Crippen MR) is 134 cm³/mol. The van der Waals surface area contributed by atoms with Crippen LogP contribution in [0.15, 0.2) is 41.5 Å². The Morgan fingerprint density at radius 3 is 2.51 bits per heavy atom. The lowest BCUT2D eigenvalue weighted by Gasteiger charge is -2.38. The van der Waals surface area contributed by atoms with Gasteiger partial charge in [-0.15, -0.1) is 0 Å². The van der Waals surface area contributed by atoms with Crippen molar-refractivity contribution in [1.82, 2.24) is 24.2 Å². The maximum Gasteiger partial charge on any atom is 0.281 e. The first-order chi connectivity index (χ1) is 16.9. The first-order valence-corrected chi connectivity index (χ1v) is 12.9. The average Bonchev–Trinajstić information content (AvgIpc) is 3.22. The van der Waals surface area contributed by atoms with Crippen molar-refractivity contribution in [1.29, 1.82) is 0 Å². The van der Waals surface area contributed by atoms with E-state index < -0.39 is 5.60 Å². The molecule has 0 unspecified atom stereocenters. The second-order valence-corrected chi connectivity index (χ2v) is 10.3. The molecule has 0 spiro atoms. The van der Waals surface area contributed by atoms with Gasteiger partial charge in [0.15, 0.2) is 5.52 Å². The first-order valence-electron chi connectivity index (χ1n) is 12.9. The summed E-state index contributed by atoms with van der Waals surface area (Å²) in [7, 11) is 1.90. The standard InChI is InChI=1S/C27H35N5O3/c1-30-25(21-10-6-3-7-11-21)23-24(29-30)26(34)32(19-28-23)18-27(35)14-16-31(17-15-27)22(33)13-12-20-8-4-2-5-9-20/h2,4-5,8-9,19,21,35H,3,6-7,10-18H2,1H3. The maximum atomic E-state index is 13.3. The molecule has 3 heterocycles. The molecule has 8 nitrogen and oxygen atoms in total. The van der Waals surface area contributed by atoms with Gasteiger partial charge in [-0.1, -0.05) is 49.6 Å². The molecule has 0 radical (unpaired) electrons. The van der Waals surface area contributed by atoms with Crippen molar-refractivity contribution in [2.24, 2.45) is 7.05 Å². The fourth-order valence-electron chi connectivity index (χ4n) is 5.76. The fourth-order valence-corrected chi connectivity index (χ4v) is 5.76. The molecule has 1 aliphatic carbocycles. The minimum Gasteiger partial charge on any atom is -0.388 e. The van der Waals surface area contributed by atoms with Gasteiger partial charge in [-0.3, -0.25) is 18.8 Å². The van der Waals surface area contributed by atoms with Crippen LogP contribution in [0.3, 0.4) is 0 Å². The summed E-state index contributed by atoms with van der Waals surface area (Å²) in [5.74, 6) is 0.509. The predicted octanol–water partition coefficient (Wildman–Crippen LogP) is 3.16. The molecule has 1 saturated heterocycles. The van der Waals surface area contributed by atoms with Crippen molar-refractivity contribution in [3.05, 3.63) is 58.3 Å². The number of benzene rings is 1. The number of aryl methyl sites for hydroxylation is 2. The number of nitrogens with zero attached hydrogens (tertiary/aromatic N) is 5. The van der Waals surface area contributed by atoms with Crippen LogP contribution in [0.5, 0.6) is 0 Å². The van der Waals surface area contributed by atoms with Crippen molar-refractivity contribution in [2.45, 2.75) is 75.9 Å². The molecular weight excluding hydrogens is 442 g/mol. The van der Waals surface area contributed by atoms with E-state index in [0.29, 0.717) is 55.7 Å². The molecule has 3 aromatic rings. The molecule has 1 amide bonds. The molecule has 35 heavy (non-hydrogen) atoms. The molecule has 2 aromatic heterocycles. The van der Waals surface area contributed by atoms with Crippen LogP contribution in [0.25, 0.3) is 11.0 Å². The third-order valence-corrected chi connectivity index (χ3v) is 7.83. The molecule has 2 fully saturated rings. The van der Waals surface area contributed by atoms with E-state index in [1.165, 1.54) is 23.8 Å². The Bertz CT molecular complexity index is 1230.